The number of halogens is 1. The van der Waals surface area contributed by atoms with Crippen molar-refractivity contribution >= 4 is 11.8 Å². The normalized spacial score (nSPS) is 14.0. The average molecular weight is 252 g/mol. The third-order valence-electron chi connectivity index (χ3n) is 2.50. The third kappa shape index (κ3) is 4.76. The van der Waals surface area contributed by atoms with Crippen LogP contribution in [0.2, 0.25) is 0 Å². The number of hydrogen-bond acceptors (Lipinski definition) is 3. The standard InChI is InChI=1S/C13H17FN2S/c1-3-16-13(2,10-15)8-9-17-12-6-4-11(14)5-7-12/h4-7,16H,3,8-9H2,1-2H3. The summed E-state index contributed by atoms with van der Waals surface area (Å²) in [6, 6.07) is 8.72. The molecule has 1 atom stereocenters. The summed E-state index contributed by atoms with van der Waals surface area (Å²) >= 11 is 1.64. The molecule has 0 amide bonds. The lowest BCUT2D eigenvalue weighted by atomic mass is 10.0. The zero-order valence-electron chi connectivity index (χ0n) is 10.2. The molecule has 1 aromatic carbocycles. The molecule has 17 heavy (non-hydrogen) atoms. The summed E-state index contributed by atoms with van der Waals surface area (Å²) < 4.78 is 12.7. The maximum absolute atomic E-state index is 12.7. The maximum atomic E-state index is 12.7. The van der Waals surface area contributed by atoms with Gasteiger partial charge in [0.05, 0.1) is 6.07 Å². The van der Waals surface area contributed by atoms with Crippen LogP contribution in [-0.4, -0.2) is 17.8 Å². The zero-order chi connectivity index (χ0) is 12.7. The first-order chi connectivity index (χ1) is 8.09. The maximum Gasteiger partial charge on any atom is 0.123 e. The Morgan fingerprint density at radius 2 is 2.06 bits per heavy atom. The predicted molar refractivity (Wildman–Crippen MR) is 69.4 cm³/mol. The van der Waals surface area contributed by atoms with Crippen LogP contribution < -0.4 is 5.32 Å². The van der Waals surface area contributed by atoms with Crippen LogP contribution in [0.5, 0.6) is 0 Å². The summed E-state index contributed by atoms with van der Waals surface area (Å²) in [4.78, 5) is 1.03. The van der Waals surface area contributed by atoms with Gasteiger partial charge in [0.25, 0.3) is 0 Å². The van der Waals surface area contributed by atoms with Crippen molar-refractivity contribution in [1.29, 1.82) is 5.26 Å². The molecule has 0 saturated heterocycles. The van der Waals surface area contributed by atoms with Gasteiger partial charge < -0.3 is 0 Å². The quantitative estimate of drug-likeness (QED) is 0.790. The molecule has 0 bridgehead atoms. The number of rotatable bonds is 6. The van der Waals surface area contributed by atoms with Gasteiger partial charge in [0.15, 0.2) is 0 Å². The second-order valence-electron chi connectivity index (χ2n) is 4.03. The van der Waals surface area contributed by atoms with E-state index in [-0.39, 0.29) is 5.82 Å². The van der Waals surface area contributed by atoms with E-state index in [0.29, 0.717) is 0 Å². The van der Waals surface area contributed by atoms with E-state index in [1.807, 2.05) is 13.8 Å². The summed E-state index contributed by atoms with van der Waals surface area (Å²) in [5.74, 6) is 0.617. The van der Waals surface area contributed by atoms with Crippen LogP contribution in [0, 0.1) is 17.1 Å². The number of nitrogens with zero attached hydrogens (tertiary/aromatic N) is 1. The van der Waals surface area contributed by atoms with Crippen LogP contribution in [0.15, 0.2) is 29.2 Å². The second-order valence-corrected chi connectivity index (χ2v) is 5.19. The molecule has 0 radical (unpaired) electrons. The van der Waals surface area contributed by atoms with Crippen molar-refractivity contribution in [3.63, 3.8) is 0 Å². The average Bonchev–Trinajstić information content (AvgIpc) is 2.32. The van der Waals surface area contributed by atoms with Gasteiger partial charge in [0, 0.05) is 10.6 Å². The zero-order valence-corrected chi connectivity index (χ0v) is 11.0. The van der Waals surface area contributed by atoms with Crippen molar-refractivity contribution in [1.82, 2.24) is 5.32 Å². The van der Waals surface area contributed by atoms with Crippen molar-refractivity contribution in [2.75, 3.05) is 12.3 Å². The van der Waals surface area contributed by atoms with E-state index in [4.69, 9.17) is 5.26 Å². The SMILES string of the molecule is CCNC(C)(C#N)CCSc1ccc(F)cc1. The lowest BCUT2D eigenvalue weighted by molar-refractivity contribution is 0.450. The smallest absolute Gasteiger partial charge is 0.123 e. The molecular weight excluding hydrogens is 235 g/mol. The molecule has 1 rings (SSSR count). The summed E-state index contributed by atoms with van der Waals surface area (Å²) in [7, 11) is 0. The molecule has 1 aromatic rings. The molecule has 1 unspecified atom stereocenters. The highest BCUT2D eigenvalue weighted by atomic mass is 32.2. The van der Waals surface area contributed by atoms with Crippen molar-refractivity contribution < 1.29 is 4.39 Å². The molecule has 0 fully saturated rings. The Morgan fingerprint density at radius 3 is 2.59 bits per heavy atom. The summed E-state index contributed by atoms with van der Waals surface area (Å²) in [6.07, 6.45) is 0.763. The van der Waals surface area contributed by atoms with Crippen molar-refractivity contribution in [2.45, 2.75) is 30.7 Å². The minimum atomic E-state index is -0.470. The number of hydrogen-bond donors (Lipinski definition) is 1. The minimum absolute atomic E-state index is 0.219. The molecule has 1 N–H and O–H groups in total. The monoisotopic (exact) mass is 252 g/mol. The molecule has 0 aromatic heterocycles. The van der Waals surface area contributed by atoms with E-state index < -0.39 is 5.54 Å². The van der Waals surface area contributed by atoms with Gasteiger partial charge in [-0.05, 0) is 44.2 Å². The molecule has 0 spiro atoms. The summed E-state index contributed by atoms with van der Waals surface area (Å²) in [5, 5.41) is 12.2. The van der Waals surface area contributed by atoms with Gasteiger partial charge in [-0.25, -0.2) is 4.39 Å². The fraction of sp³-hybridized carbons (Fsp3) is 0.462. The molecular formula is C13H17FN2S. The summed E-state index contributed by atoms with van der Waals surface area (Å²) in [5.41, 5.74) is -0.470. The van der Waals surface area contributed by atoms with E-state index in [2.05, 4.69) is 11.4 Å². The van der Waals surface area contributed by atoms with Crippen molar-refractivity contribution in [3.8, 4) is 6.07 Å². The Bertz CT molecular complexity index is 385. The largest absolute Gasteiger partial charge is 0.300 e. The predicted octanol–water partition coefficient (Wildman–Crippen LogP) is 3.20. The molecule has 0 aliphatic carbocycles. The fourth-order valence-electron chi connectivity index (χ4n) is 1.48. The first-order valence-electron chi connectivity index (χ1n) is 5.64. The first kappa shape index (κ1) is 14.0. The van der Waals surface area contributed by atoms with E-state index in [1.165, 1.54) is 12.1 Å². The van der Waals surface area contributed by atoms with E-state index in [9.17, 15) is 4.39 Å². The van der Waals surface area contributed by atoms with Gasteiger partial charge in [0.2, 0.25) is 0 Å². The third-order valence-corrected chi connectivity index (χ3v) is 3.51. The number of benzene rings is 1. The van der Waals surface area contributed by atoms with Gasteiger partial charge in [0.1, 0.15) is 11.4 Å². The molecule has 0 saturated carbocycles. The van der Waals surface area contributed by atoms with E-state index in [0.717, 1.165) is 23.6 Å². The van der Waals surface area contributed by atoms with E-state index >= 15 is 0 Å². The van der Waals surface area contributed by atoms with Crippen LogP contribution in [-0.2, 0) is 0 Å². The summed E-state index contributed by atoms with van der Waals surface area (Å²) in [6.45, 7) is 4.68. The Balaban J connectivity index is 2.42. The Kier molecular flexibility index (Phi) is 5.46. The van der Waals surface area contributed by atoms with Gasteiger partial charge >= 0.3 is 0 Å². The lowest BCUT2D eigenvalue weighted by Crippen LogP contribution is -2.41. The van der Waals surface area contributed by atoms with E-state index in [1.54, 1.807) is 23.9 Å². The Morgan fingerprint density at radius 1 is 1.41 bits per heavy atom. The number of thioether (sulfide) groups is 1. The first-order valence-corrected chi connectivity index (χ1v) is 6.63. The number of nitrogens with one attached hydrogen (secondary N) is 1. The van der Waals surface area contributed by atoms with Gasteiger partial charge in [-0.2, -0.15) is 5.26 Å². The van der Waals surface area contributed by atoms with Crippen LogP contribution in [0.1, 0.15) is 20.3 Å². The molecule has 0 aliphatic heterocycles. The lowest BCUT2D eigenvalue weighted by Gasteiger charge is -2.21. The van der Waals surface area contributed by atoms with Crippen LogP contribution in [0.4, 0.5) is 4.39 Å². The van der Waals surface area contributed by atoms with Crippen LogP contribution >= 0.6 is 11.8 Å². The highest BCUT2D eigenvalue weighted by molar-refractivity contribution is 7.99. The topological polar surface area (TPSA) is 35.8 Å². The number of nitriles is 1. The molecule has 0 aliphatic rings. The van der Waals surface area contributed by atoms with Gasteiger partial charge in [-0.15, -0.1) is 11.8 Å². The van der Waals surface area contributed by atoms with Gasteiger partial charge in [-0.1, -0.05) is 6.92 Å². The second kappa shape index (κ2) is 6.63. The Labute approximate surface area is 106 Å². The van der Waals surface area contributed by atoms with Crippen LogP contribution in [0.3, 0.4) is 0 Å². The molecule has 2 nitrogen and oxygen atoms in total. The van der Waals surface area contributed by atoms with Crippen molar-refractivity contribution in [2.24, 2.45) is 0 Å². The van der Waals surface area contributed by atoms with Gasteiger partial charge in [-0.3, -0.25) is 5.32 Å². The van der Waals surface area contributed by atoms with Crippen molar-refractivity contribution in [3.05, 3.63) is 30.1 Å². The Hall–Kier alpha value is -1.05. The molecule has 92 valence electrons. The fourth-order valence-corrected chi connectivity index (χ4v) is 2.55. The molecule has 0 heterocycles. The molecule has 4 heteroatoms. The highest BCUT2D eigenvalue weighted by Crippen LogP contribution is 2.21. The highest BCUT2D eigenvalue weighted by Gasteiger charge is 2.21. The minimum Gasteiger partial charge on any atom is -0.300 e. The van der Waals surface area contributed by atoms with Crippen LogP contribution in [0.25, 0.3) is 0 Å².